The minimum Gasteiger partial charge on any atom is -0.389 e. The third kappa shape index (κ3) is 5.40. The van der Waals surface area contributed by atoms with Crippen LogP contribution < -0.4 is 5.32 Å². The number of aliphatic hydroxyl groups excluding tert-OH is 1. The summed E-state index contributed by atoms with van der Waals surface area (Å²) >= 11 is 3.92. The molecule has 72 valence electrons. The van der Waals surface area contributed by atoms with Gasteiger partial charge in [0, 0.05) is 13.7 Å². The van der Waals surface area contributed by atoms with Crippen LogP contribution in [0.5, 0.6) is 0 Å². The second-order valence-electron chi connectivity index (χ2n) is 2.53. The number of nitrogens with one attached hydrogen (secondary N) is 1. The summed E-state index contributed by atoms with van der Waals surface area (Å²) in [6, 6.07) is 0. The molecule has 0 saturated heterocycles. The summed E-state index contributed by atoms with van der Waals surface area (Å²) in [4.78, 5) is 10.9. The van der Waals surface area contributed by atoms with Crippen molar-refractivity contribution < 1.29 is 14.6 Å². The molecule has 0 aromatic carbocycles. The molecule has 4 nitrogen and oxygen atoms in total. The molecule has 0 heterocycles. The van der Waals surface area contributed by atoms with Gasteiger partial charge in [-0.3, -0.25) is 4.79 Å². The summed E-state index contributed by atoms with van der Waals surface area (Å²) in [5.74, 6) is -0.187. The second-order valence-corrected chi connectivity index (χ2v) is 3.30. The Bertz CT molecular complexity index is 141. The van der Waals surface area contributed by atoms with Crippen LogP contribution in [0.4, 0.5) is 0 Å². The summed E-state index contributed by atoms with van der Waals surface area (Å²) in [7, 11) is 1.49. The van der Waals surface area contributed by atoms with Crippen molar-refractivity contribution in [1.82, 2.24) is 5.32 Å². The van der Waals surface area contributed by atoms with Crippen molar-refractivity contribution in [2.75, 3.05) is 20.3 Å². The number of carbonyl (C=O) groups is 1. The van der Waals surface area contributed by atoms with Crippen LogP contribution in [0.15, 0.2) is 0 Å². The highest BCUT2D eigenvalue weighted by Gasteiger charge is 2.09. The van der Waals surface area contributed by atoms with Crippen molar-refractivity contribution in [2.45, 2.75) is 18.3 Å². The first-order valence-electron chi connectivity index (χ1n) is 3.70. The predicted octanol–water partition coefficient (Wildman–Crippen LogP) is -0.572. The van der Waals surface area contributed by atoms with Gasteiger partial charge in [-0.2, -0.15) is 12.6 Å². The molecule has 0 aliphatic carbocycles. The lowest BCUT2D eigenvalue weighted by Crippen LogP contribution is -2.37. The molecular weight excluding hydrogens is 178 g/mol. The minimum atomic E-state index is -0.647. The predicted molar refractivity (Wildman–Crippen MR) is 49.3 cm³/mol. The van der Waals surface area contributed by atoms with Gasteiger partial charge in [0.05, 0.1) is 18.0 Å². The third-order valence-electron chi connectivity index (χ3n) is 1.25. The fourth-order valence-electron chi connectivity index (χ4n) is 0.617. The Morgan fingerprint density at radius 1 is 1.75 bits per heavy atom. The highest BCUT2D eigenvalue weighted by atomic mass is 32.1. The number of thiol groups is 1. The molecule has 0 bridgehead atoms. The lowest BCUT2D eigenvalue weighted by molar-refractivity contribution is -0.120. The Labute approximate surface area is 77.7 Å². The number of amides is 1. The van der Waals surface area contributed by atoms with E-state index in [-0.39, 0.29) is 24.3 Å². The summed E-state index contributed by atoms with van der Waals surface area (Å²) < 4.78 is 4.68. The minimum absolute atomic E-state index is 0.187. The van der Waals surface area contributed by atoms with E-state index in [0.717, 1.165) is 0 Å². The number of methoxy groups -OCH3 is 1. The van der Waals surface area contributed by atoms with E-state index in [4.69, 9.17) is 5.11 Å². The van der Waals surface area contributed by atoms with Gasteiger partial charge in [0.1, 0.15) is 0 Å². The van der Waals surface area contributed by atoms with Crippen molar-refractivity contribution in [3.05, 3.63) is 0 Å². The van der Waals surface area contributed by atoms with Crippen molar-refractivity contribution >= 4 is 18.5 Å². The number of rotatable bonds is 5. The van der Waals surface area contributed by atoms with Crippen LogP contribution in [0.25, 0.3) is 0 Å². The topological polar surface area (TPSA) is 58.6 Å². The molecule has 0 aromatic heterocycles. The molecule has 5 heteroatoms. The van der Waals surface area contributed by atoms with E-state index in [1.807, 2.05) is 0 Å². The highest BCUT2D eigenvalue weighted by molar-refractivity contribution is 7.81. The molecule has 0 aromatic rings. The van der Waals surface area contributed by atoms with E-state index in [2.05, 4.69) is 22.7 Å². The lowest BCUT2D eigenvalue weighted by Gasteiger charge is -2.11. The van der Waals surface area contributed by atoms with Crippen molar-refractivity contribution in [3.8, 4) is 0 Å². The first kappa shape index (κ1) is 11.7. The van der Waals surface area contributed by atoms with Crippen LogP contribution >= 0.6 is 12.6 Å². The molecule has 0 fully saturated rings. The SMILES string of the molecule is COCC(O)CNC(=O)C(C)S. The average Bonchev–Trinajstić information content (AvgIpc) is 2.00. The van der Waals surface area contributed by atoms with Gasteiger partial charge in [-0.25, -0.2) is 0 Å². The quantitative estimate of drug-likeness (QED) is 0.512. The third-order valence-corrected chi connectivity index (χ3v) is 1.48. The van der Waals surface area contributed by atoms with Crippen LogP contribution in [0, 0.1) is 0 Å². The summed E-state index contributed by atoms with van der Waals surface area (Å²) in [6.45, 7) is 2.10. The normalized spacial score (nSPS) is 15.3. The van der Waals surface area contributed by atoms with E-state index in [1.165, 1.54) is 7.11 Å². The summed E-state index contributed by atoms with van der Waals surface area (Å²) in [5, 5.41) is 11.3. The van der Waals surface area contributed by atoms with Crippen LogP contribution in [-0.2, 0) is 9.53 Å². The Morgan fingerprint density at radius 3 is 2.75 bits per heavy atom. The van der Waals surface area contributed by atoms with Gasteiger partial charge >= 0.3 is 0 Å². The summed E-state index contributed by atoms with van der Waals surface area (Å²) in [5.41, 5.74) is 0. The molecule has 0 aliphatic rings. The average molecular weight is 193 g/mol. The zero-order valence-corrected chi connectivity index (χ0v) is 8.17. The maximum atomic E-state index is 10.9. The monoisotopic (exact) mass is 193 g/mol. The fourth-order valence-corrected chi connectivity index (χ4v) is 0.709. The fraction of sp³-hybridized carbons (Fsp3) is 0.857. The standard InChI is InChI=1S/C7H15NO3S/c1-5(12)7(10)8-3-6(9)4-11-2/h5-6,9,12H,3-4H2,1-2H3,(H,8,10). The van der Waals surface area contributed by atoms with Gasteiger partial charge in [-0.15, -0.1) is 0 Å². The molecule has 2 unspecified atom stereocenters. The molecule has 2 atom stereocenters. The molecule has 1 amide bonds. The Morgan fingerprint density at radius 2 is 2.33 bits per heavy atom. The number of ether oxygens (including phenoxy) is 1. The van der Waals surface area contributed by atoms with Gasteiger partial charge in [-0.05, 0) is 6.92 Å². The molecule has 12 heavy (non-hydrogen) atoms. The second kappa shape index (κ2) is 6.28. The van der Waals surface area contributed by atoms with E-state index in [1.54, 1.807) is 6.92 Å². The number of hydrogen-bond acceptors (Lipinski definition) is 4. The Hall–Kier alpha value is -0.260. The lowest BCUT2D eigenvalue weighted by atomic mass is 10.3. The zero-order valence-electron chi connectivity index (χ0n) is 7.28. The van der Waals surface area contributed by atoms with Gasteiger partial charge in [0.15, 0.2) is 0 Å². The summed E-state index contributed by atoms with van der Waals surface area (Å²) in [6.07, 6.45) is -0.647. The largest absolute Gasteiger partial charge is 0.389 e. The molecule has 2 N–H and O–H groups in total. The maximum absolute atomic E-state index is 10.9. The van der Waals surface area contributed by atoms with Crippen molar-refractivity contribution in [3.63, 3.8) is 0 Å². The van der Waals surface area contributed by atoms with Gasteiger partial charge < -0.3 is 15.2 Å². The van der Waals surface area contributed by atoms with E-state index in [0.29, 0.717) is 0 Å². The van der Waals surface area contributed by atoms with Crippen LogP contribution in [0.3, 0.4) is 0 Å². The van der Waals surface area contributed by atoms with Gasteiger partial charge in [0.2, 0.25) is 5.91 Å². The van der Waals surface area contributed by atoms with Gasteiger partial charge in [0.25, 0.3) is 0 Å². The molecule has 0 rings (SSSR count). The van der Waals surface area contributed by atoms with E-state index >= 15 is 0 Å². The number of carbonyl (C=O) groups excluding carboxylic acids is 1. The molecular formula is C7H15NO3S. The van der Waals surface area contributed by atoms with Crippen LogP contribution in [0.2, 0.25) is 0 Å². The smallest absolute Gasteiger partial charge is 0.232 e. The molecule has 0 aliphatic heterocycles. The van der Waals surface area contributed by atoms with Crippen molar-refractivity contribution in [2.24, 2.45) is 0 Å². The molecule has 0 radical (unpaired) electrons. The highest BCUT2D eigenvalue weighted by Crippen LogP contribution is 1.91. The zero-order chi connectivity index (χ0) is 9.56. The first-order chi connectivity index (χ1) is 5.57. The Balaban J connectivity index is 3.47. The van der Waals surface area contributed by atoms with E-state index in [9.17, 15) is 4.79 Å². The molecule has 0 spiro atoms. The number of hydrogen-bond donors (Lipinski definition) is 3. The van der Waals surface area contributed by atoms with E-state index < -0.39 is 6.10 Å². The van der Waals surface area contributed by atoms with Crippen LogP contribution in [-0.4, -0.2) is 42.6 Å². The Kier molecular flexibility index (Phi) is 6.14. The first-order valence-corrected chi connectivity index (χ1v) is 4.22. The van der Waals surface area contributed by atoms with Crippen molar-refractivity contribution in [1.29, 1.82) is 0 Å². The van der Waals surface area contributed by atoms with Crippen LogP contribution in [0.1, 0.15) is 6.92 Å². The number of aliphatic hydroxyl groups is 1. The van der Waals surface area contributed by atoms with Gasteiger partial charge in [-0.1, -0.05) is 0 Å². The molecule has 0 saturated carbocycles. The maximum Gasteiger partial charge on any atom is 0.232 e.